The van der Waals surface area contributed by atoms with Crippen LogP contribution in [0.15, 0.2) is 67.1 Å². The van der Waals surface area contributed by atoms with Crippen LogP contribution in [0, 0.1) is 0 Å². The van der Waals surface area contributed by atoms with E-state index in [0.717, 1.165) is 5.69 Å². The van der Waals surface area contributed by atoms with Crippen LogP contribution in [0.25, 0.3) is 0 Å². The summed E-state index contributed by atoms with van der Waals surface area (Å²) >= 11 is 0. The van der Waals surface area contributed by atoms with Gasteiger partial charge in [0.15, 0.2) is 0 Å². The summed E-state index contributed by atoms with van der Waals surface area (Å²) in [6.45, 7) is 0.186. The predicted molar refractivity (Wildman–Crippen MR) is 86.4 cm³/mol. The van der Waals surface area contributed by atoms with Crippen molar-refractivity contribution in [2.75, 3.05) is 6.54 Å². The van der Waals surface area contributed by atoms with E-state index in [1.165, 1.54) is 4.90 Å². The third-order valence-electron chi connectivity index (χ3n) is 4.11. The molecule has 6 nitrogen and oxygen atoms in total. The lowest BCUT2D eigenvalue weighted by molar-refractivity contribution is 0.0636. The number of imide groups is 1. The van der Waals surface area contributed by atoms with Crippen LogP contribution in [-0.4, -0.2) is 38.0 Å². The van der Waals surface area contributed by atoms with E-state index in [4.69, 9.17) is 0 Å². The van der Waals surface area contributed by atoms with Crippen LogP contribution in [0.3, 0.4) is 0 Å². The topological polar surface area (TPSA) is 68.1 Å². The maximum Gasteiger partial charge on any atom is 0.261 e. The van der Waals surface area contributed by atoms with Gasteiger partial charge in [-0.15, -0.1) is 0 Å². The molecule has 2 aromatic heterocycles. The maximum atomic E-state index is 12.6. The van der Waals surface area contributed by atoms with Crippen LogP contribution in [0.4, 0.5) is 0 Å². The number of carbonyl (C=O) groups excluding carboxylic acids is 2. The number of nitrogens with zero attached hydrogens (tertiary/aromatic N) is 4. The summed E-state index contributed by atoms with van der Waals surface area (Å²) in [7, 11) is 0. The molecular formula is C18H14N4O2. The Bertz CT molecular complexity index is 855. The summed E-state index contributed by atoms with van der Waals surface area (Å²) in [4.78, 5) is 30.8. The van der Waals surface area contributed by atoms with E-state index >= 15 is 0 Å². The lowest BCUT2D eigenvalue weighted by Crippen LogP contribution is -2.36. The van der Waals surface area contributed by atoms with Gasteiger partial charge in [0.25, 0.3) is 11.8 Å². The number of pyridine rings is 1. The van der Waals surface area contributed by atoms with E-state index in [1.807, 2.05) is 18.2 Å². The van der Waals surface area contributed by atoms with Gasteiger partial charge >= 0.3 is 0 Å². The first-order valence-electron chi connectivity index (χ1n) is 7.61. The molecular weight excluding hydrogens is 304 g/mol. The molecule has 0 N–H and O–H groups in total. The average molecular weight is 318 g/mol. The van der Waals surface area contributed by atoms with E-state index in [1.54, 1.807) is 53.6 Å². The van der Waals surface area contributed by atoms with Crippen molar-refractivity contribution in [3.05, 3.63) is 83.9 Å². The number of hydrogen-bond acceptors (Lipinski definition) is 4. The third-order valence-corrected chi connectivity index (χ3v) is 4.11. The fourth-order valence-corrected chi connectivity index (χ4v) is 2.93. The number of amides is 2. The summed E-state index contributed by atoms with van der Waals surface area (Å²) in [6, 6.07) is 13.9. The number of aromatic nitrogens is 3. The number of carbonyl (C=O) groups is 2. The van der Waals surface area contributed by atoms with Crippen LogP contribution in [0.1, 0.15) is 32.5 Å². The summed E-state index contributed by atoms with van der Waals surface area (Å²) in [5.74, 6) is -0.549. The highest BCUT2D eigenvalue weighted by Crippen LogP contribution is 2.26. The number of fused-ring (bicyclic) bond motifs is 1. The number of benzene rings is 1. The molecule has 2 amide bonds. The van der Waals surface area contributed by atoms with Crippen molar-refractivity contribution in [3.63, 3.8) is 0 Å². The summed E-state index contributed by atoms with van der Waals surface area (Å²) in [5, 5.41) is 4.26. The third kappa shape index (κ3) is 2.28. The highest BCUT2D eigenvalue weighted by atomic mass is 16.2. The molecule has 0 aliphatic carbocycles. The van der Waals surface area contributed by atoms with Crippen molar-refractivity contribution in [3.8, 4) is 0 Å². The van der Waals surface area contributed by atoms with Gasteiger partial charge < -0.3 is 0 Å². The zero-order valence-corrected chi connectivity index (χ0v) is 12.7. The Morgan fingerprint density at radius 3 is 2.17 bits per heavy atom. The Labute approximate surface area is 138 Å². The van der Waals surface area contributed by atoms with E-state index in [-0.39, 0.29) is 24.4 Å². The quantitative estimate of drug-likeness (QED) is 0.691. The van der Waals surface area contributed by atoms with E-state index in [2.05, 4.69) is 10.1 Å². The van der Waals surface area contributed by atoms with Crippen molar-refractivity contribution in [1.82, 2.24) is 19.7 Å². The van der Waals surface area contributed by atoms with Gasteiger partial charge in [-0.25, -0.2) is 0 Å². The summed E-state index contributed by atoms with van der Waals surface area (Å²) in [6.07, 6.45) is 5.16. The molecule has 0 saturated carbocycles. The second-order valence-electron chi connectivity index (χ2n) is 5.52. The van der Waals surface area contributed by atoms with Gasteiger partial charge in [-0.3, -0.25) is 24.2 Å². The van der Waals surface area contributed by atoms with Crippen molar-refractivity contribution >= 4 is 11.8 Å². The largest absolute Gasteiger partial charge is 0.272 e. The molecule has 0 saturated heterocycles. The Morgan fingerprint density at radius 2 is 1.58 bits per heavy atom. The van der Waals surface area contributed by atoms with Gasteiger partial charge in [-0.05, 0) is 30.3 Å². The highest BCUT2D eigenvalue weighted by Gasteiger charge is 2.37. The molecule has 0 bridgehead atoms. The molecule has 1 aliphatic heterocycles. The normalized spacial score (nSPS) is 14.8. The number of hydrogen-bond donors (Lipinski definition) is 0. The van der Waals surface area contributed by atoms with E-state index < -0.39 is 0 Å². The fraction of sp³-hybridized carbons (Fsp3) is 0.111. The van der Waals surface area contributed by atoms with Gasteiger partial charge in [-0.2, -0.15) is 5.10 Å². The van der Waals surface area contributed by atoms with E-state index in [0.29, 0.717) is 11.1 Å². The molecule has 4 rings (SSSR count). The van der Waals surface area contributed by atoms with E-state index in [9.17, 15) is 9.59 Å². The number of rotatable bonds is 4. The Balaban J connectivity index is 1.70. The minimum Gasteiger partial charge on any atom is -0.272 e. The highest BCUT2D eigenvalue weighted by molar-refractivity contribution is 6.21. The molecule has 1 aromatic carbocycles. The minimum absolute atomic E-state index is 0.186. The van der Waals surface area contributed by atoms with Crippen LogP contribution in [-0.2, 0) is 0 Å². The minimum atomic E-state index is -0.330. The molecule has 0 spiro atoms. The second-order valence-corrected chi connectivity index (χ2v) is 5.52. The SMILES string of the molecule is O=C1c2ccccc2C(=O)N1CC(c1ccccn1)n1cccn1. The molecule has 1 atom stereocenters. The maximum absolute atomic E-state index is 12.6. The lowest BCUT2D eigenvalue weighted by Gasteiger charge is -2.22. The van der Waals surface area contributed by atoms with Gasteiger partial charge in [-0.1, -0.05) is 18.2 Å². The smallest absolute Gasteiger partial charge is 0.261 e. The zero-order valence-electron chi connectivity index (χ0n) is 12.7. The van der Waals surface area contributed by atoms with Crippen molar-refractivity contribution < 1.29 is 9.59 Å². The first-order valence-corrected chi connectivity index (χ1v) is 7.61. The Morgan fingerprint density at radius 1 is 0.875 bits per heavy atom. The summed E-state index contributed by atoms with van der Waals surface area (Å²) < 4.78 is 1.71. The standard InChI is InChI=1S/C18H14N4O2/c23-17-13-6-1-2-7-14(13)18(24)21(17)12-16(22-11-5-10-20-22)15-8-3-4-9-19-15/h1-11,16H,12H2. The monoisotopic (exact) mass is 318 g/mol. The first-order chi connectivity index (χ1) is 11.8. The molecule has 3 heterocycles. The van der Waals surface area contributed by atoms with Crippen LogP contribution in [0.5, 0.6) is 0 Å². The Hall–Kier alpha value is -3.28. The molecule has 1 aliphatic rings. The fourth-order valence-electron chi connectivity index (χ4n) is 2.93. The molecule has 118 valence electrons. The van der Waals surface area contributed by atoms with Crippen LogP contribution < -0.4 is 0 Å². The average Bonchev–Trinajstić information content (AvgIpc) is 3.23. The Kier molecular flexibility index (Phi) is 3.42. The second kappa shape index (κ2) is 5.73. The van der Waals surface area contributed by atoms with Gasteiger partial charge in [0.2, 0.25) is 0 Å². The predicted octanol–water partition coefficient (Wildman–Crippen LogP) is 2.16. The van der Waals surface area contributed by atoms with Crippen molar-refractivity contribution in [2.45, 2.75) is 6.04 Å². The van der Waals surface area contributed by atoms with Gasteiger partial charge in [0.05, 0.1) is 23.4 Å². The zero-order chi connectivity index (χ0) is 16.5. The summed E-state index contributed by atoms with van der Waals surface area (Å²) in [5.41, 5.74) is 1.64. The van der Waals surface area contributed by atoms with Crippen LogP contribution >= 0.6 is 0 Å². The first kappa shape index (κ1) is 14.3. The van der Waals surface area contributed by atoms with Gasteiger partial charge in [0, 0.05) is 18.6 Å². The molecule has 1 unspecified atom stereocenters. The van der Waals surface area contributed by atoms with Gasteiger partial charge in [0.1, 0.15) is 6.04 Å². The van der Waals surface area contributed by atoms with Crippen molar-refractivity contribution in [1.29, 1.82) is 0 Å². The lowest BCUT2D eigenvalue weighted by atomic mass is 10.1. The van der Waals surface area contributed by atoms with Crippen LogP contribution in [0.2, 0.25) is 0 Å². The molecule has 0 fully saturated rings. The molecule has 3 aromatic rings. The van der Waals surface area contributed by atoms with Crippen molar-refractivity contribution in [2.24, 2.45) is 0 Å². The molecule has 0 radical (unpaired) electrons. The molecule has 6 heteroatoms. The molecule has 24 heavy (non-hydrogen) atoms.